The molecule has 1 fully saturated rings. The molecular formula is C21H21NO5. The Balaban J connectivity index is 1.63. The van der Waals surface area contributed by atoms with Gasteiger partial charge in [0.05, 0.1) is 12.5 Å². The normalized spacial score (nSPS) is 16.3. The summed E-state index contributed by atoms with van der Waals surface area (Å²) in [6.07, 6.45) is 0.109. The molecule has 27 heavy (non-hydrogen) atoms. The smallest absolute Gasteiger partial charge is 0.316 e. The Morgan fingerprint density at radius 3 is 2.26 bits per heavy atom. The van der Waals surface area contributed by atoms with E-state index in [1.54, 1.807) is 53.4 Å². The van der Waals surface area contributed by atoms with Gasteiger partial charge in [0.2, 0.25) is 5.91 Å². The number of esters is 1. The van der Waals surface area contributed by atoms with Crippen LogP contribution in [0.2, 0.25) is 0 Å². The van der Waals surface area contributed by atoms with Crippen LogP contribution in [0.4, 0.5) is 5.69 Å². The van der Waals surface area contributed by atoms with E-state index in [1.807, 2.05) is 6.92 Å². The van der Waals surface area contributed by atoms with E-state index < -0.39 is 11.9 Å². The van der Waals surface area contributed by atoms with Gasteiger partial charge >= 0.3 is 5.97 Å². The molecule has 2 aromatic carbocycles. The quantitative estimate of drug-likeness (QED) is 0.445. The van der Waals surface area contributed by atoms with Crippen molar-refractivity contribution in [2.24, 2.45) is 5.92 Å². The number of hydrogen-bond acceptors (Lipinski definition) is 5. The van der Waals surface area contributed by atoms with E-state index in [1.165, 1.54) is 6.92 Å². The Hall–Kier alpha value is -3.15. The summed E-state index contributed by atoms with van der Waals surface area (Å²) in [6, 6.07) is 13.6. The largest absolute Gasteiger partial charge is 0.494 e. The fourth-order valence-electron chi connectivity index (χ4n) is 2.96. The van der Waals surface area contributed by atoms with Gasteiger partial charge in [0, 0.05) is 24.2 Å². The molecule has 0 N–H and O–H groups in total. The number of nitrogens with zero attached hydrogens (tertiary/aromatic N) is 1. The molecule has 0 radical (unpaired) electrons. The topological polar surface area (TPSA) is 72.9 Å². The average molecular weight is 367 g/mol. The number of amides is 1. The molecule has 2 aromatic rings. The van der Waals surface area contributed by atoms with E-state index in [-0.39, 0.29) is 24.7 Å². The minimum Gasteiger partial charge on any atom is -0.494 e. The van der Waals surface area contributed by atoms with Gasteiger partial charge in [-0.3, -0.25) is 14.4 Å². The molecule has 0 saturated carbocycles. The van der Waals surface area contributed by atoms with Gasteiger partial charge in [-0.05, 0) is 62.4 Å². The fourth-order valence-corrected chi connectivity index (χ4v) is 2.96. The minimum absolute atomic E-state index is 0.0553. The van der Waals surface area contributed by atoms with Crippen molar-refractivity contribution in [2.45, 2.75) is 20.3 Å². The van der Waals surface area contributed by atoms with E-state index in [0.29, 0.717) is 17.9 Å². The second kappa shape index (κ2) is 8.03. The first-order valence-corrected chi connectivity index (χ1v) is 8.84. The van der Waals surface area contributed by atoms with Gasteiger partial charge in [-0.15, -0.1) is 0 Å². The number of carbonyl (C=O) groups is 3. The molecule has 0 spiro atoms. The van der Waals surface area contributed by atoms with Crippen LogP contribution in [0.15, 0.2) is 48.5 Å². The van der Waals surface area contributed by atoms with Crippen molar-refractivity contribution in [3.63, 3.8) is 0 Å². The Labute approximate surface area is 157 Å². The molecule has 0 aliphatic carbocycles. The summed E-state index contributed by atoms with van der Waals surface area (Å²) < 4.78 is 10.8. The SMILES string of the molecule is CCOc1ccc(N2CC(C(=O)Oc3ccc(C(C)=O)cc3)CC2=O)cc1. The third-order valence-corrected chi connectivity index (χ3v) is 4.40. The molecule has 1 amide bonds. The van der Waals surface area contributed by atoms with Crippen LogP contribution in [0.1, 0.15) is 30.6 Å². The van der Waals surface area contributed by atoms with Gasteiger partial charge in [-0.25, -0.2) is 0 Å². The van der Waals surface area contributed by atoms with Gasteiger partial charge in [-0.2, -0.15) is 0 Å². The first kappa shape index (κ1) is 18.6. The summed E-state index contributed by atoms with van der Waals surface area (Å²) in [5, 5.41) is 0. The van der Waals surface area contributed by atoms with Gasteiger partial charge in [-0.1, -0.05) is 0 Å². The highest BCUT2D eigenvalue weighted by atomic mass is 16.5. The first-order chi connectivity index (χ1) is 13.0. The highest BCUT2D eigenvalue weighted by Gasteiger charge is 2.36. The maximum atomic E-state index is 12.4. The average Bonchev–Trinajstić information content (AvgIpc) is 3.05. The molecule has 0 bridgehead atoms. The molecule has 140 valence electrons. The van der Waals surface area contributed by atoms with Gasteiger partial charge in [0.25, 0.3) is 0 Å². The van der Waals surface area contributed by atoms with E-state index in [4.69, 9.17) is 9.47 Å². The van der Waals surface area contributed by atoms with E-state index >= 15 is 0 Å². The highest BCUT2D eigenvalue weighted by molar-refractivity contribution is 5.99. The lowest BCUT2D eigenvalue weighted by Crippen LogP contribution is -2.27. The number of benzene rings is 2. The van der Waals surface area contributed by atoms with E-state index in [0.717, 1.165) is 11.4 Å². The summed E-state index contributed by atoms with van der Waals surface area (Å²) in [4.78, 5) is 37.6. The molecule has 1 unspecified atom stereocenters. The monoisotopic (exact) mass is 367 g/mol. The van der Waals surface area contributed by atoms with Gasteiger partial charge in [0.15, 0.2) is 5.78 Å². The minimum atomic E-state index is -0.531. The summed E-state index contributed by atoms with van der Waals surface area (Å²) in [6.45, 7) is 4.23. The Kier molecular flexibility index (Phi) is 5.54. The lowest BCUT2D eigenvalue weighted by atomic mass is 10.1. The van der Waals surface area contributed by atoms with Crippen LogP contribution in [0.5, 0.6) is 11.5 Å². The van der Waals surface area contributed by atoms with Crippen LogP contribution in [-0.4, -0.2) is 30.8 Å². The molecule has 6 nitrogen and oxygen atoms in total. The highest BCUT2D eigenvalue weighted by Crippen LogP contribution is 2.28. The molecule has 1 heterocycles. The van der Waals surface area contributed by atoms with E-state index in [9.17, 15) is 14.4 Å². The zero-order chi connectivity index (χ0) is 19.4. The van der Waals surface area contributed by atoms with Crippen LogP contribution in [0.3, 0.4) is 0 Å². The van der Waals surface area contributed by atoms with Crippen LogP contribution >= 0.6 is 0 Å². The van der Waals surface area contributed by atoms with Crippen molar-refractivity contribution < 1.29 is 23.9 Å². The van der Waals surface area contributed by atoms with Crippen LogP contribution in [0.25, 0.3) is 0 Å². The first-order valence-electron chi connectivity index (χ1n) is 8.84. The Bertz CT molecular complexity index is 842. The molecule has 1 saturated heterocycles. The van der Waals surface area contributed by atoms with Crippen molar-refractivity contribution in [1.82, 2.24) is 0 Å². The second-order valence-corrected chi connectivity index (χ2v) is 6.33. The third kappa shape index (κ3) is 4.34. The molecule has 6 heteroatoms. The third-order valence-electron chi connectivity index (χ3n) is 4.40. The fraction of sp³-hybridized carbons (Fsp3) is 0.286. The number of rotatable bonds is 6. The summed E-state index contributed by atoms with van der Waals surface area (Å²) in [7, 11) is 0. The number of Topliss-reactive ketones (excluding diaryl/α,β-unsaturated/α-hetero) is 1. The maximum absolute atomic E-state index is 12.4. The predicted octanol–water partition coefficient (Wildman–Crippen LogP) is 3.25. The molecule has 1 atom stereocenters. The summed E-state index contributed by atoms with van der Waals surface area (Å²) in [5.41, 5.74) is 1.28. The number of ketones is 1. The van der Waals surface area contributed by atoms with Crippen molar-refractivity contribution >= 4 is 23.3 Å². The summed E-state index contributed by atoms with van der Waals surface area (Å²) >= 11 is 0. The lowest BCUT2D eigenvalue weighted by Gasteiger charge is -2.17. The molecule has 1 aliphatic rings. The molecular weight excluding hydrogens is 346 g/mol. The molecule has 3 rings (SSSR count). The van der Waals surface area contributed by atoms with Crippen molar-refractivity contribution in [2.75, 3.05) is 18.1 Å². The van der Waals surface area contributed by atoms with Crippen LogP contribution in [-0.2, 0) is 9.59 Å². The van der Waals surface area contributed by atoms with Crippen LogP contribution in [0, 0.1) is 5.92 Å². The zero-order valence-electron chi connectivity index (χ0n) is 15.3. The lowest BCUT2D eigenvalue weighted by molar-refractivity contribution is -0.139. The predicted molar refractivity (Wildman–Crippen MR) is 100 cm³/mol. The number of anilines is 1. The van der Waals surface area contributed by atoms with Crippen molar-refractivity contribution in [3.8, 4) is 11.5 Å². The molecule has 1 aliphatic heterocycles. The van der Waals surface area contributed by atoms with Crippen molar-refractivity contribution in [3.05, 3.63) is 54.1 Å². The maximum Gasteiger partial charge on any atom is 0.316 e. The second-order valence-electron chi connectivity index (χ2n) is 6.33. The number of carbonyl (C=O) groups excluding carboxylic acids is 3. The van der Waals surface area contributed by atoms with Gasteiger partial charge in [0.1, 0.15) is 11.5 Å². The Morgan fingerprint density at radius 2 is 1.67 bits per heavy atom. The van der Waals surface area contributed by atoms with Crippen molar-refractivity contribution in [1.29, 1.82) is 0 Å². The number of hydrogen-bond donors (Lipinski definition) is 0. The number of ether oxygens (including phenoxy) is 2. The van der Waals surface area contributed by atoms with Gasteiger partial charge < -0.3 is 14.4 Å². The standard InChI is InChI=1S/C21H21NO5/c1-3-26-18-10-6-17(7-11-18)22-13-16(12-20(22)24)21(25)27-19-8-4-15(5-9-19)14(2)23/h4-11,16H,3,12-13H2,1-2H3. The zero-order valence-corrected chi connectivity index (χ0v) is 15.3. The van der Waals surface area contributed by atoms with E-state index in [2.05, 4.69) is 0 Å². The molecule has 0 aromatic heterocycles. The Morgan fingerprint density at radius 1 is 1.04 bits per heavy atom. The van der Waals surface area contributed by atoms with Crippen LogP contribution < -0.4 is 14.4 Å². The summed E-state index contributed by atoms with van der Waals surface area (Å²) in [5.74, 6) is -0.0629.